The van der Waals surface area contributed by atoms with Crippen LogP contribution in [0.2, 0.25) is 10.0 Å². The average Bonchev–Trinajstić information content (AvgIpc) is 3.14. The summed E-state index contributed by atoms with van der Waals surface area (Å²) in [6, 6.07) is 19.6. The van der Waals surface area contributed by atoms with Gasteiger partial charge in [-0.3, -0.25) is 0 Å². The lowest BCUT2D eigenvalue weighted by Gasteiger charge is -2.38. The van der Waals surface area contributed by atoms with Gasteiger partial charge >= 0.3 is 0 Å². The topological polar surface area (TPSA) is 24.8 Å². The van der Waals surface area contributed by atoms with Crippen molar-refractivity contribution in [3.63, 3.8) is 0 Å². The zero-order valence-electron chi connectivity index (χ0n) is 14.6. The molecule has 3 aromatic rings. The van der Waals surface area contributed by atoms with E-state index in [1.165, 1.54) is 6.07 Å². The number of hydrogen-bond acceptors (Lipinski definition) is 3. The third kappa shape index (κ3) is 2.93. The van der Waals surface area contributed by atoms with Crippen LogP contribution in [0.25, 0.3) is 0 Å². The van der Waals surface area contributed by atoms with Crippen LogP contribution in [0.4, 0.5) is 4.39 Å². The normalized spacial score (nSPS) is 20.2. The largest absolute Gasteiger partial charge is 0.464 e. The van der Waals surface area contributed by atoms with Gasteiger partial charge in [0, 0.05) is 22.0 Å². The van der Waals surface area contributed by atoms with Gasteiger partial charge in [-0.25, -0.2) is 9.40 Å². The first-order valence-corrected chi connectivity index (χ1v) is 9.68. The van der Waals surface area contributed by atoms with E-state index in [4.69, 9.17) is 33.0 Å². The fraction of sp³-hybridized carbons (Fsp3) is 0.136. The third-order valence-corrected chi connectivity index (χ3v) is 5.59. The molecule has 5 rings (SSSR count). The van der Waals surface area contributed by atoms with E-state index < -0.39 is 6.23 Å². The predicted octanol–water partition coefficient (Wildman–Crippen LogP) is 6.37. The van der Waals surface area contributed by atoms with Crippen LogP contribution >= 0.6 is 23.2 Å². The summed E-state index contributed by atoms with van der Waals surface area (Å²) in [7, 11) is 0. The molecule has 0 saturated carbocycles. The van der Waals surface area contributed by atoms with Gasteiger partial charge < -0.3 is 4.74 Å². The molecule has 2 aliphatic rings. The first-order chi connectivity index (χ1) is 13.6. The quantitative estimate of drug-likeness (QED) is 0.487. The molecule has 3 nitrogen and oxygen atoms in total. The first kappa shape index (κ1) is 17.5. The smallest absolute Gasteiger partial charge is 0.216 e. The number of fused-ring (bicyclic) bond motifs is 3. The second-order valence-corrected chi connectivity index (χ2v) is 7.70. The molecule has 0 radical (unpaired) electrons. The molecule has 2 unspecified atom stereocenters. The molecule has 2 heterocycles. The molecule has 0 N–H and O–H groups in total. The molecule has 2 atom stereocenters. The Morgan fingerprint density at radius 3 is 2.46 bits per heavy atom. The Labute approximate surface area is 172 Å². The number of ether oxygens (including phenoxy) is 1. The van der Waals surface area contributed by atoms with Crippen molar-refractivity contribution < 1.29 is 9.13 Å². The predicted molar refractivity (Wildman–Crippen MR) is 108 cm³/mol. The number of hydrogen-bond donors (Lipinski definition) is 0. The Balaban J connectivity index is 1.62. The monoisotopic (exact) mass is 412 g/mol. The lowest BCUT2D eigenvalue weighted by atomic mass is 9.96. The lowest BCUT2D eigenvalue weighted by molar-refractivity contribution is -0.0211. The summed E-state index contributed by atoms with van der Waals surface area (Å²) in [5.41, 5.74) is 3.29. The van der Waals surface area contributed by atoms with Gasteiger partial charge in [0.05, 0.1) is 17.3 Å². The van der Waals surface area contributed by atoms with Crippen LogP contribution < -0.4 is 4.74 Å². The number of hydrazone groups is 1. The van der Waals surface area contributed by atoms with E-state index in [1.807, 2.05) is 41.4 Å². The van der Waals surface area contributed by atoms with E-state index in [0.29, 0.717) is 27.8 Å². The molecule has 28 heavy (non-hydrogen) atoms. The van der Waals surface area contributed by atoms with E-state index in [2.05, 4.69) is 0 Å². The number of rotatable bonds is 2. The maximum absolute atomic E-state index is 14.5. The zero-order valence-corrected chi connectivity index (χ0v) is 16.2. The summed E-state index contributed by atoms with van der Waals surface area (Å²) in [4.78, 5) is 0. The number of nitrogens with zero attached hydrogens (tertiary/aromatic N) is 2. The maximum atomic E-state index is 14.5. The van der Waals surface area contributed by atoms with Crippen LogP contribution in [-0.4, -0.2) is 10.7 Å². The summed E-state index contributed by atoms with van der Waals surface area (Å²) in [6.07, 6.45) is 0.0215. The summed E-state index contributed by atoms with van der Waals surface area (Å²) < 4.78 is 20.7. The van der Waals surface area contributed by atoms with Crippen molar-refractivity contribution in [1.82, 2.24) is 5.01 Å². The van der Waals surface area contributed by atoms with Crippen LogP contribution in [0.5, 0.6) is 5.75 Å². The van der Waals surface area contributed by atoms with Gasteiger partial charge in [0.2, 0.25) is 6.23 Å². The van der Waals surface area contributed by atoms with Crippen LogP contribution in [0, 0.1) is 5.82 Å². The zero-order chi connectivity index (χ0) is 19.3. The van der Waals surface area contributed by atoms with E-state index in [1.54, 1.807) is 24.3 Å². The molecule has 0 amide bonds. The van der Waals surface area contributed by atoms with Crippen LogP contribution in [0.1, 0.15) is 35.4 Å². The molecule has 140 valence electrons. The number of halogens is 3. The summed E-state index contributed by atoms with van der Waals surface area (Å²) in [5, 5.41) is 7.95. The van der Waals surface area contributed by atoms with Crippen molar-refractivity contribution in [3.8, 4) is 5.75 Å². The molecular weight excluding hydrogens is 398 g/mol. The molecule has 0 aromatic heterocycles. The molecule has 3 aromatic carbocycles. The Morgan fingerprint density at radius 1 is 0.929 bits per heavy atom. The van der Waals surface area contributed by atoms with Crippen molar-refractivity contribution in [1.29, 1.82) is 0 Å². The van der Waals surface area contributed by atoms with Gasteiger partial charge in [-0.15, -0.1) is 0 Å². The van der Waals surface area contributed by atoms with Gasteiger partial charge in [-0.1, -0.05) is 53.5 Å². The molecule has 0 spiro atoms. The van der Waals surface area contributed by atoms with E-state index in [0.717, 1.165) is 16.8 Å². The van der Waals surface area contributed by atoms with Gasteiger partial charge in [0.1, 0.15) is 11.6 Å². The first-order valence-electron chi connectivity index (χ1n) is 8.92. The molecule has 0 fully saturated rings. The molecule has 6 heteroatoms. The summed E-state index contributed by atoms with van der Waals surface area (Å²) in [5.74, 6) is 0.380. The fourth-order valence-electron chi connectivity index (χ4n) is 3.76. The maximum Gasteiger partial charge on any atom is 0.216 e. The second kappa shape index (κ2) is 6.80. The molecule has 0 bridgehead atoms. The summed E-state index contributed by atoms with van der Waals surface area (Å²) in [6.45, 7) is 0. The fourth-order valence-corrected chi connectivity index (χ4v) is 4.06. The number of benzene rings is 3. The average molecular weight is 413 g/mol. The lowest BCUT2D eigenvalue weighted by Crippen LogP contribution is -2.34. The third-order valence-electron chi connectivity index (χ3n) is 5.10. The van der Waals surface area contributed by atoms with Crippen molar-refractivity contribution in [2.45, 2.75) is 18.7 Å². The molecule has 0 saturated heterocycles. The molecule has 2 aliphatic heterocycles. The minimum absolute atomic E-state index is 0.0854. The van der Waals surface area contributed by atoms with Gasteiger partial charge in [0.25, 0.3) is 0 Å². The highest BCUT2D eigenvalue weighted by molar-refractivity contribution is 6.31. The van der Waals surface area contributed by atoms with Crippen molar-refractivity contribution in [2.24, 2.45) is 5.10 Å². The Kier molecular flexibility index (Phi) is 4.26. The van der Waals surface area contributed by atoms with Crippen molar-refractivity contribution >= 4 is 28.9 Å². The minimum Gasteiger partial charge on any atom is -0.464 e. The minimum atomic E-state index is -0.648. The highest BCUT2D eigenvalue weighted by Crippen LogP contribution is 2.48. The summed E-state index contributed by atoms with van der Waals surface area (Å²) >= 11 is 12.2. The van der Waals surface area contributed by atoms with E-state index in [-0.39, 0.29) is 11.9 Å². The van der Waals surface area contributed by atoms with Crippen molar-refractivity contribution in [2.75, 3.05) is 0 Å². The molecule has 0 aliphatic carbocycles. The standard InChI is InChI=1S/C22H15Cl2FN2O/c23-14-7-5-13(6-8-14)19-12-20-17-11-15(24)9-10-21(17)28-22(27(20)26-19)16-3-1-2-4-18(16)25/h1-11,20,22H,12H2. The van der Waals surface area contributed by atoms with Crippen molar-refractivity contribution in [3.05, 3.63) is 99.3 Å². The Hall–Kier alpha value is -2.56. The van der Waals surface area contributed by atoms with E-state index >= 15 is 0 Å². The van der Waals surface area contributed by atoms with Gasteiger partial charge in [-0.05, 0) is 42.0 Å². The van der Waals surface area contributed by atoms with Crippen LogP contribution in [0.3, 0.4) is 0 Å². The van der Waals surface area contributed by atoms with Gasteiger partial charge in [-0.2, -0.15) is 5.10 Å². The molecular formula is C22H15Cl2FN2O. The van der Waals surface area contributed by atoms with Crippen LogP contribution in [0.15, 0.2) is 71.8 Å². The SMILES string of the molecule is Fc1ccccc1C1Oc2ccc(Cl)cc2C2CC(c3ccc(Cl)cc3)=NN21. The van der Waals surface area contributed by atoms with Gasteiger partial charge in [0.15, 0.2) is 0 Å². The van der Waals surface area contributed by atoms with Crippen LogP contribution in [-0.2, 0) is 0 Å². The second-order valence-electron chi connectivity index (χ2n) is 6.83. The van der Waals surface area contributed by atoms with E-state index in [9.17, 15) is 4.39 Å². The Bertz CT molecular complexity index is 1080. The Morgan fingerprint density at radius 2 is 1.68 bits per heavy atom. The highest BCUT2D eigenvalue weighted by Gasteiger charge is 2.41. The highest BCUT2D eigenvalue weighted by atomic mass is 35.5.